The van der Waals surface area contributed by atoms with E-state index < -0.39 is 5.41 Å². The highest BCUT2D eigenvalue weighted by Crippen LogP contribution is 2.42. The summed E-state index contributed by atoms with van der Waals surface area (Å²) in [6, 6.07) is 10.2. The van der Waals surface area contributed by atoms with Gasteiger partial charge in [0.05, 0.1) is 21.3 Å². The molecule has 0 spiro atoms. The topological polar surface area (TPSA) is 46.9 Å². The summed E-state index contributed by atoms with van der Waals surface area (Å²) in [6.07, 6.45) is 0.807. The van der Waals surface area contributed by atoms with Gasteiger partial charge < -0.3 is 5.32 Å². The molecule has 5 heteroatoms. The SMILES string of the molecule is Cc1nn(C(=O)[C@@]2(C)CCN[C@@H]2c2ccccc2)c(C)c1Br. The van der Waals surface area contributed by atoms with Crippen LogP contribution in [0.2, 0.25) is 0 Å². The molecule has 22 heavy (non-hydrogen) atoms. The first-order chi connectivity index (χ1) is 10.4. The summed E-state index contributed by atoms with van der Waals surface area (Å²) >= 11 is 3.50. The molecule has 1 aliphatic rings. The standard InChI is InChI=1S/C17H20BrN3O/c1-11-14(18)12(2)21(20-11)16(22)17(3)9-10-19-15(17)13-7-5-4-6-8-13/h4-8,15,19H,9-10H2,1-3H3/t15-,17+/m1/s1. The Bertz CT molecular complexity index is 710. The summed E-state index contributed by atoms with van der Waals surface area (Å²) in [5.41, 5.74) is 2.36. The lowest BCUT2D eigenvalue weighted by atomic mass is 9.78. The Morgan fingerprint density at radius 1 is 1.36 bits per heavy atom. The Kier molecular flexibility index (Phi) is 3.95. The predicted molar refractivity (Wildman–Crippen MR) is 89.9 cm³/mol. The van der Waals surface area contributed by atoms with E-state index in [1.165, 1.54) is 0 Å². The Balaban J connectivity index is 2.01. The first-order valence-electron chi connectivity index (χ1n) is 7.50. The van der Waals surface area contributed by atoms with Crippen molar-refractivity contribution in [1.82, 2.24) is 15.1 Å². The lowest BCUT2D eigenvalue weighted by Gasteiger charge is -2.30. The molecule has 4 nitrogen and oxygen atoms in total. The molecule has 1 saturated heterocycles. The summed E-state index contributed by atoms with van der Waals surface area (Å²) in [5.74, 6) is 0.0534. The van der Waals surface area contributed by atoms with Crippen LogP contribution in [-0.4, -0.2) is 22.2 Å². The lowest BCUT2D eigenvalue weighted by Crippen LogP contribution is -2.38. The molecule has 2 heterocycles. The number of nitrogens with one attached hydrogen (secondary N) is 1. The molecule has 1 aliphatic heterocycles. The highest BCUT2D eigenvalue weighted by atomic mass is 79.9. The maximum Gasteiger partial charge on any atom is 0.255 e. The molecule has 1 N–H and O–H groups in total. The van der Waals surface area contributed by atoms with Crippen LogP contribution in [0.4, 0.5) is 0 Å². The Labute approximate surface area is 139 Å². The van der Waals surface area contributed by atoms with Crippen molar-refractivity contribution < 1.29 is 4.79 Å². The zero-order valence-corrected chi connectivity index (χ0v) is 14.6. The highest BCUT2D eigenvalue weighted by molar-refractivity contribution is 9.10. The van der Waals surface area contributed by atoms with E-state index >= 15 is 0 Å². The minimum Gasteiger partial charge on any atom is -0.309 e. The Morgan fingerprint density at radius 3 is 2.64 bits per heavy atom. The van der Waals surface area contributed by atoms with Crippen molar-refractivity contribution in [2.45, 2.75) is 33.2 Å². The number of rotatable bonds is 2. The number of aromatic nitrogens is 2. The van der Waals surface area contributed by atoms with Gasteiger partial charge in [0.2, 0.25) is 0 Å². The molecular formula is C17H20BrN3O. The number of halogens is 1. The molecule has 0 unspecified atom stereocenters. The largest absolute Gasteiger partial charge is 0.309 e. The van der Waals surface area contributed by atoms with Gasteiger partial charge in [0.15, 0.2) is 0 Å². The van der Waals surface area contributed by atoms with Crippen molar-refractivity contribution in [3.63, 3.8) is 0 Å². The average Bonchev–Trinajstić information content (AvgIpc) is 3.04. The van der Waals surface area contributed by atoms with Crippen molar-refractivity contribution >= 4 is 21.8 Å². The molecule has 2 atom stereocenters. The Morgan fingerprint density at radius 2 is 2.05 bits per heavy atom. The quantitative estimate of drug-likeness (QED) is 0.887. The molecule has 0 amide bonds. The second kappa shape index (κ2) is 5.63. The van der Waals surface area contributed by atoms with E-state index in [9.17, 15) is 4.79 Å². The van der Waals surface area contributed by atoms with Gasteiger partial charge in [-0.3, -0.25) is 4.79 Å². The molecule has 0 radical (unpaired) electrons. The van der Waals surface area contributed by atoms with E-state index in [2.05, 4.69) is 38.5 Å². The molecule has 3 rings (SSSR count). The molecule has 0 saturated carbocycles. The maximum atomic E-state index is 13.2. The third-order valence-electron chi connectivity index (χ3n) is 4.65. The van der Waals surface area contributed by atoms with Gasteiger partial charge in [-0.1, -0.05) is 30.3 Å². The molecule has 2 aromatic rings. The van der Waals surface area contributed by atoms with E-state index in [-0.39, 0.29) is 11.9 Å². The first-order valence-corrected chi connectivity index (χ1v) is 8.29. The molecule has 116 valence electrons. The Hall–Kier alpha value is -1.46. The highest BCUT2D eigenvalue weighted by Gasteiger charge is 2.47. The predicted octanol–water partition coefficient (Wildman–Crippen LogP) is 3.64. The monoisotopic (exact) mass is 361 g/mol. The fourth-order valence-corrected chi connectivity index (χ4v) is 3.52. The van der Waals surface area contributed by atoms with Crippen LogP contribution in [0.3, 0.4) is 0 Å². The summed E-state index contributed by atoms with van der Waals surface area (Å²) < 4.78 is 2.47. The second-order valence-electron chi connectivity index (χ2n) is 6.17. The zero-order chi connectivity index (χ0) is 15.9. The summed E-state index contributed by atoms with van der Waals surface area (Å²) in [7, 11) is 0. The van der Waals surface area contributed by atoms with Gasteiger partial charge in [-0.05, 0) is 55.2 Å². The van der Waals surface area contributed by atoms with Gasteiger partial charge in [-0.25, -0.2) is 4.68 Å². The minimum atomic E-state index is -0.496. The van der Waals surface area contributed by atoms with Crippen LogP contribution in [0.15, 0.2) is 34.8 Å². The third-order valence-corrected chi connectivity index (χ3v) is 5.79. The van der Waals surface area contributed by atoms with Crippen molar-refractivity contribution in [3.05, 3.63) is 51.8 Å². The van der Waals surface area contributed by atoms with Gasteiger partial charge in [-0.2, -0.15) is 5.10 Å². The van der Waals surface area contributed by atoms with Crippen molar-refractivity contribution in [2.75, 3.05) is 6.54 Å². The summed E-state index contributed by atoms with van der Waals surface area (Å²) in [5, 5.41) is 7.90. The smallest absolute Gasteiger partial charge is 0.255 e. The van der Waals surface area contributed by atoms with E-state index in [0.717, 1.165) is 34.4 Å². The molecule has 0 aliphatic carbocycles. The molecule has 0 bridgehead atoms. The molecule has 1 fully saturated rings. The van der Waals surface area contributed by atoms with Crippen molar-refractivity contribution in [1.29, 1.82) is 0 Å². The zero-order valence-electron chi connectivity index (χ0n) is 13.1. The molecule has 1 aromatic carbocycles. The number of carbonyl (C=O) groups is 1. The van der Waals surface area contributed by atoms with Crippen LogP contribution in [0, 0.1) is 19.3 Å². The minimum absolute atomic E-state index is 0.0175. The molecular weight excluding hydrogens is 342 g/mol. The van der Waals surface area contributed by atoms with Crippen LogP contribution in [0.1, 0.15) is 41.1 Å². The van der Waals surface area contributed by atoms with E-state index in [4.69, 9.17) is 0 Å². The number of nitrogens with zero attached hydrogens (tertiary/aromatic N) is 2. The van der Waals surface area contributed by atoms with Crippen molar-refractivity contribution in [2.24, 2.45) is 5.41 Å². The van der Waals surface area contributed by atoms with E-state index in [1.807, 2.05) is 39.0 Å². The van der Waals surface area contributed by atoms with Gasteiger partial charge in [0.25, 0.3) is 5.91 Å². The average molecular weight is 362 g/mol. The van der Waals surface area contributed by atoms with E-state index in [0.29, 0.717) is 0 Å². The van der Waals surface area contributed by atoms with Crippen LogP contribution < -0.4 is 5.32 Å². The number of benzene rings is 1. The number of hydrogen-bond acceptors (Lipinski definition) is 3. The normalized spacial score (nSPS) is 24.6. The first kappa shape index (κ1) is 15.4. The van der Waals surface area contributed by atoms with Gasteiger partial charge in [-0.15, -0.1) is 0 Å². The van der Waals surface area contributed by atoms with Gasteiger partial charge in [0.1, 0.15) is 0 Å². The van der Waals surface area contributed by atoms with E-state index in [1.54, 1.807) is 4.68 Å². The van der Waals surface area contributed by atoms with Crippen LogP contribution >= 0.6 is 15.9 Å². The second-order valence-corrected chi connectivity index (χ2v) is 6.96. The lowest BCUT2D eigenvalue weighted by molar-refractivity contribution is 0.0677. The number of aryl methyl sites for hydroxylation is 1. The number of carbonyl (C=O) groups excluding carboxylic acids is 1. The summed E-state index contributed by atoms with van der Waals surface area (Å²) in [6.45, 7) is 6.70. The van der Waals surface area contributed by atoms with Crippen molar-refractivity contribution in [3.8, 4) is 0 Å². The van der Waals surface area contributed by atoms with Gasteiger partial charge >= 0.3 is 0 Å². The third kappa shape index (κ3) is 2.32. The molecule has 1 aromatic heterocycles. The fourth-order valence-electron chi connectivity index (χ4n) is 3.27. The fraction of sp³-hybridized carbons (Fsp3) is 0.412. The van der Waals surface area contributed by atoms with Crippen LogP contribution in [0.25, 0.3) is 0 Å². The van der Waals surface area contributed by atoms with Crippen LogP contribution in [0.5, 0.6) is 0 Å². The maximum absolute atomic E-state index is 13.2. The number of hydrogen-bond donors (Lipinski definition) is 1. The van der Waals surface area contributed by atoms with Gasteiger partial charge in [0, 0.05) is 6.04 Å². The summed E-state index contributed by atoms with van der Waals surface area (Å²) in [4.78, 5) is 13.2. The van der Waals surface area contributed by atoms with Crippen LogP contribution in [-0.2, 0) is 0 Å².